The van der Waals surface area contributed by atoms with Crippen LogP contribution in [0.3, 0.4) is 0 Å². The van der Waals surface area contributed by atoms with Gasteiger partial charge in [0, 0.05) is 25.7 Å². The molecule has 2 rings (SSSR count). The summed E-state index contributed by atoms with van der Waals surface area (Å²) >= 11 is 3.43. The molecule has 1 aliphatic rings. The van der Waals surface area contributed by atoms with Gasteiger partial charge in [-0.05, 0) is 34.7 Å². The number of anilines is 1. The topological polar surface area (TPSA) is 64.2 Å². The molecule has 0 spiro atoms. The summed E-state index contributed by atoms with van der Waals surface area (Å²) in [5.74, 6) is 0.399. The Labute approximate surface area is 121 Å². The lowest BCUT2D eigenvalue weighted by molar-refractivity contribution is 0.459. The summed E-state index contributed by atoms with van der Waals surface area (Å²) in [4.78, 5) is 14.4. The van der Waals surface area contributed by atoms with Gasteiger partial charge in [0.15, 0.2) is 0 Å². The van der Waals surface area contributed by atoms with Crippen molar-refractivity contribution in [1.82, 2.24) is 9.78 Å². The quantitative estimate of drug-likeness (QED) is 0.915. The van der Waals surface area contributed by atoms with E-state index < -0.39 is 0 Å². The largest absolute Gasteiger partial charge is 0.369 e. The van der Waals surface area contributed by atoms with Gasteiger partial charge in [0.05, 0.1) is 11.9 Å². The van der Waals surface area contributed by atoms with Crippen molar-refractivity contribution in [3.8, 4) is 0 Å². The molecule has 0 aliphatic carbocycles. The third-order valence-corrected chi connectivity index (χ3v) is 4.13. The van der Waals surface area contributed by atoms with E-state index in [0.29, 0.717) is 16.9 Å². The molecule has 1 aromatic rings. The number of piperidine rings is 1. The molecule has 0 unspecified atom stereocenters. The van der Waals surface area contributed by atoms with Crippen LogP contribution in [0.5, 0.6) is 0 Å². The van der Waals surface area contributed by atoms with Gasteiger partial charge in [-0.25, -0.2) is 4.68 Å². The molecular weight excluding hydrogens is 308 g/mol. The Morgan fingerprint density at radius 3 is 2.68 bits per heavy atom. The molecule has 5 nitrogen and oxygen atoms in total. The minimum atomic E-state index is -0.0546. The Morgan fingerprint density at radius 1 is 1.47 bits per heavy atom. The molecule has 19 heavy (non-hydrogen) atoms. The molecule has 1 saturated heterocycles. The second kappa shape index (κ2) is 6.05. The Bertz CT molecular complexity index is 492. The molecule has 6 heteroatoms. The zero-order chi connectivity index (χ0) is 14.0. The lowest BCUT2D eigenvalue weighted by atomic mass is 10.1. The second-order valence-corrected chi connectivity index (χ2v) is 6.34. The fourth-order valence-electron chi connectivity index (χ4n) is 2.29. The number of nitrogens with two attached hydrogens (primary N) is 1. The van der Waals surface area contributed by atoms with E-state index in [-0.39, 0.29) is 11.6 Å². The third-order valence-electron chi connectivity index (χ3n) is 3.38. The first-order valence-electron chi connectivity index (χ1n) is 6.75. The van der Waals surface area contributed by atoms with Crippen LogP contribution in [0.4, 0.5) is 5.69 Å². The van der Waals surface area contributed by atoms with Crippen molar-refractivity contribution >= 4 is 21.6 Å². The minimum absolute atomic E-state index is 0.0546. The molecule has 106 valence electrons. The molecule has 0 atom stereocenters. The number of hydrogen-bond donors (Lipinski definition) is 1. The van der Waals surface area contributed by atoms with Gasteiger partial charge in [-0.2, -0.15) is 5.10 Å². The fraction of sp³-hybridized carbons (Fsp3) is 0.692. The van der Waals surface area contributed by atoms with Crippen LogP contribution in [0, 0.1) is 5.92 Å². The molecule has 1 aliphatic heterocycles. The van der Waals surface area contributed by atoms with Crippen LogP contribution in [0.25, 0.3) is 0 Å². The first kappa shape index (κ1) is 14.5. The first-order chi connectivity index (χ1) is 8.99. The molecule has 0 aromatic carbocycles. The van der Waals surface area contributed by atoms with Gasteiger partial charge < -0.3 is 10.6 Å². The lowest BCUT2D eigenvalue weighted by Gasteiger charge is -2.32. The van der Waals surface area contributed by atoms with Crippen molar-refractivity contribution in [3.63, 3.8) is 0 Å². The number of aromatic nitrogens is 2. The molecule has 0 saturated carbocycles. The van der Waals surface area contributed by atoms with Crippen molar-refractivity contribution < 1.29 is 0 Å². The van der Waals surface area contributed by atoms with Crippen molar-refractivity contribution in [1.29, 1.82) is 0 Å². The Hall–Kier alpha value is -0.880. The maximum atomic E-state index is 12.2. The smallest absolute Gasteiger partial charge is 0.283 e. The predicted octanol–water partition coefficient (Wildman–Crippen LogP) is 1.59. The van der Waals surface area contributed by atoms with E-state index in [1.54, 1.807) is 6.20 Å². The summed E-state index contributed by atoms with van der Waals surface area (Å²) in [5, 5.41) is 4.27. The Balaban J connectivity index is 2.23. The molecule has 0 bridgehead atoms. The molecule has 1 aromatic heterocycles. The Kier molecular flexibility index (Phi) is 4.62. The minimum Gasteiger partial charge on any atom is -0.369 e. The highest BCUT2D eigenvalue weighted by Crippen LogP contribution is 2.24. The van der Waals surface area contributed by atoms with Crippen LogP contribution in [0.1, 0.15) is 26.7 Å². The molecule has 0 amide bonds. The molecule has 2 heterocycles. The molecule has 2 N–H and O–H groups in total. The SMILES string of the molecule is CC(C)Cn1ncc(N2CCC(N)CC2)c(Br)c1=O. The van der Waals surface area contributed by atoms with E-state index in [1.807, 2.05) is 0 Å². The van der Waals surface area contributed by atoms with Gasteiger partial charge >= 0.3 is 0 Å². The summed E-state index contributed by atoms with van der Waals surface area (Å²) in [6.45, 7) is 6.55. The van der Waals surface area contributed by atoms with E-state index in [0.717, 1.165) is 31.6 Å². The van der Waals surface area contributed by atoms with Crippen molar-refractivity contribution in [2.45, 2.75) is 39.3 Å². The summed E-state index contributed by atoms with van der Waals surface area (Å²) in [5.41, 5.74) is 6.73. The average molecular weight is 329 g/mol. The molecular formula is C13H21BrN4O. The number of rotatable bonds is 3. The highest BCUT2D eigenvalue weighted by atomic mass is 79.9. The predicted molar refractivity (Wildman–Crippen MR) is 80.5 cm³/mol. The third kappa shape index (κ3) is 3.36. The van der Waals surface area contributed by atoms with Crippen LogP contribution in [-0.2, 0) is 6.54 Å². The first-order valence-corrected chi connectivity index (χ1v) is 7.54. The van der Waals surface area contributed by atoms with Gasteiger partial charge in [0.2, 0.25) is 0 Å². The second-order valence-electron chi connectivity index (χ2n) is 5.55. The summed E-state index contributed by atoms with van der Waals surface area (Å²) in [6.07, 6.45) is 3.70. The van der Waals surface area contributed by atoms with Gasteiger partial charge in [0.25, 0.3) is 5.56 Å². The van der Waals surface area contributed by atoms with Crippen LogP contribution in [0.15, 0.2) is 15.5 Å². The van der Waals surface area contributed by atoms with Crippen molar-refractivity contribution in [2.75, 3.05) is 18.0 Å². The number of hydrogen-bond acceptors (Lipinski definition) is 4. The highest BCUT2D eigenvalue weighted by molar-refractivity contribution is 9.10. The maximum absolute atomic E-state index is 12.2. The normalized spacial score (nSPS) is 17.2. The summed E-state index contributed by atoms with van der Waals surface area (Å²) in [7, 11) is 0. The number of nitrogens with zero attached hydrogens (tertiary/aromatic N) is 3. The van der Waals surface area contributed by atoms with E-state index in [9.17, 15) is 4.79 Å². The van der Waals surface area contributed by atoms with Gasteiger partial charge in [-0.3, -0.25) is 4.79 Å². The average Bonchev–Trinajstić information content (AvgIpc) is 2.36. The monoisotopic (exact) mass is 328 g/mol. The van der Waals surface area contributed by atoms with Gasteiger partial charge in [-0.1, -0.05) is 13.8 Å². The molecule has 0 radical (unpaired) electrons. The van der Waals surface area contributed by atoms with Crippen molar-refractivity contribution in [2.24, 2.45) is 11.7 Å². The van der Waals surface area contributed by atoms with E-state index >= 15 is 0 Å². The maximum Gasteiger partial charge on any atom is 0.283 e. The highest BCUT2D eigenvalue weighted by Gasteiger charge is 2.20. The van der Waals surface area contributed by atoms with E-state index in [4.69, 9.17) is 5.73 Å². The summed E-state index contributed by atoms with van der Waals surface area (Å²) < 4.78 is 2.13. The van der Waals surface area contributed by atoms with E-state index in [1.165, 1.54) is 4.68 Å². The van der Waals surface area contributed by atoms with Gasteiger partial charge in [-0.15, -0.1) is 0 Å². The van der Waals surface area contributed by atoms with Crippen LogP contribution >= 0.6 is 15.9 Å². The van der Waals surface area contributed by atoms with Crippen LogP contribution in [-0.4, -0.2) is 28.9 Å². The standard InChI is InChI=1S/C13H21BrN4O/c1-9(2)8-18-13(19)12(14)11(7-16-18)17-5-3-10(15)4-6-17/h7,9-10H,3-6,8,15H2,1-2H3. The number of halogens is 1. The van der Waals surface area contributed by atoms with Crippen LogP contribution in [0.2, 0.25) is 0 Å². The zero-order valence-corrected chi connectivity index (χ0v) is 13.1. The fourth-order valence-corrected chi connectivity index (χ4v) is 2.85. The molecule has 1 fully saturated rings. The van der Waals surface area contributed by atoms with E-state index in [2.05, 4.69) is 39.8 Å². The van der Waals surface area contributed by atoms with Crippen LogP contribution < -0.4 is 16.2 Å². The van der Waals surface area contributed by atoms with Gasteiger partial charge in [0.1, 0.15) is 4.47 Å². The van der Waals surface area contributed by atoms with Crippen molar-refractivity contribution in [3.05, 3.63) is 21.0 Å². The Morgan fingerprint density at radius 2 is 2.11 bits per heavy atom. The lowest BCUT2D eigenvalue weighted by Crippen LogP contribution is -2.41. The summed E-state index contributed by atoms with van der Waals surface area (Å²) in [6, 6.07) is 0.282. The zero-order valence-electron chi connectivity index (χ0n) is 11.5.